The van der Waals surface area contributed by atoms with Crippen LogP contribution in [0.5, 0.6) is 11.5 Å². The van der Waals surface area contributed by atoms with Crippen LogP contribution in [0.2, 0.25) is 0 Å². The third-order valence-corrected chi connectivity index (χ3v) is 7.41. The van der Waals surface area contributed by atoms with Gasteiger partial charge < -0.3 is 19.3 Å². The number of hydrogen-bond donors (Lipinski definition) is 2. The Balaban J connectivity index is 1.68. The fourth-order valence-electron chi connectivity index (χ4n) is 4.07. The van der Waals surface area contributed by atoms with Crippen molar-refractivity contribution in [2.24, 2.45) is 0 Å². The number of carbonyl (C=O) groups excluding carboxylic acids is 3. The van der Waals surface area contributed by atoms with Crippen molar-refractivity contribution in [2.45, 2.75) is 32.4 Å². The molecule has 4 rings (SSSR count). The zero-order chi connectivity index (χ0) is 26.5. The van der Waals surface area contributed by atoms with E-state index < -0.39 is 28.9 Å². The highest BCUT2D eigenvalue weighted by atomic mass is 32.2. The van der Waals surface area contributed by atoms with Gasteiger partial charge in [0.25, 0.3) is 11.8 Å². The van der Waals surface area contributed by atoms with Crippen molar-refractivity contribution in [1.82, 2.24) is 4.90 Å². The Hall–Kier alpha value is -3.54. The van der Waals surface area contributed by atoms with E-state index in [4.69, 9.17) is 9.47 Å². The highest BCUT2D eigenvalue weighted by Crippen LogP contribution is 2.41. The minimum atomic E-state index is -2.14. The Labute approximate surface area is 220 Å². The minimum Gasteiger partial charge on any atom is -0.493 e. The van der Waals surface area contributed by atoms with Crippen LogP contribution in [0, 0.1) is 0 Å². The smallest absolute Gasteiger partial charge is 0.265 e. The fraction of sp³-hybridized carbons (Fsp3) is 0.269. The number of ether oxygens (including phenoxy) is 2. The third kappa shape index (κ3) is 5.74. The lowest BCUT2D eigenvalue weighted by molar-refractivity contribution is -0.115. The molecule has 0 bridgehead atoms. The van der Waals surface area contributed by atoms with Gasteiger partial charge in [-0.25, -0.2) is 4.21 Å². The molecule has 0 saturated heterocycles. The Kier molecular flexibility index (Phi) is 8.37. The summed E-state index contributed by atoms with van der Waals surface area (Å²) in [6.45, 7) is 1.96. The van der Waals surface area contributed by atoms with Crippen molar-refractivity contribution in [3.8, 4) is 11.5 Å². The van der Waals surface area contributed by atoms with E-state index >= 15 is 0 Å². The molecule has 3 aromatic rings. The number of methoxy groups -OCH3 is 1. The maximum Gasteiger partial charge on any atom is 0.265 e. The number of hydrogen-bond acceptors (Lipinski definition) is 7. The van der Waals surface area contributed by atoms with Crippen molar-refractivity contribution in [1.29, 1.82) is 0 Å². The molecule has 2 N–H and O–H groups in total. The van der Waals surface area contributed by atoms with Crippen LogP contribution >= 0.6 is 11.3 Å². The number of anilines is 1. The van der Waals surface area contributed by atoms with Gasteiger partial charge in [-0.2, -0.15) is 0 Å². The van der Waals surface area contributed by atoms with Crippen LogP contribution in [0.3, 0.4) is 0 Å². The van der Waals surface area contributed by atoms with Crippen LogP contribution in [-0.2, 0) is 22.5 Å². The summed E-state index contributed by atoms with van der Waals surface area (Å²) in [5.74, 6) is -0.644. The van der Waals surface area contributed by atoms with Gasteiger partial charge in [0.1, 0.15) is 11.6 Å². The highest BCUT2D eigenvalue weighted by molar-refractivity contribution is 7.79. The van der Waals surface area contributed by atoms with Crippen LogP contribution in [0.15, 0.2) is 53.9 Å². The molecule has 2 atom stereocenters. The fourth-order valence-corrected chi connectivity index (χ4v) is 5.43. The first-order valence-corrected chi connectivity index (χ1v) is 13.7. The van der Waals surface area contributed by atoms with Crippen molar-refractivity contribution >= 4 is 45.1 Å². The highest BCUT2D eigenvalue weighted by Gasteiger charge is 2.43. The van der Waals surface area contributed by atoms with Crippen molar-refractivity contribution in [2.75, 3.05) is 18.2 Å². The largest absolute Gasteiger partial charge is 0.493 e. The normalized spacial score (nSPS) is 14.3. The van der Waals surface area contributed by atoms with Gasteiger partial charge in [0.15, 0.2) is 22.6 Å². The SMILES string of the molecule is CCC(=O)Nc1scc2c1C(=O)N(C(CCS(=O)O)c1ccc(OC)c(OCc3ccccc3)c1)C2=O. The van der Waals surface area contributed by atoms with Gasteiger partial charge in [0, 0.05) is 11.8 Å². The quantitative estimate of drug-likeness (QED) is 0.267. The molecule has 3 amide bonds. The van der Waals surface area contributed by atoms with Gasteiger partial charge in [-0.1, -0.05) is 43.3 Å². The predicted molar refractivity (Wildman–Crippen MR) is 141 cm³/mol. The molecule has 1 aliphatic rings. The first-order chi connectivity index (χ1) is 17.8. The number of carbonyl (C=O) groups is 3. The Morgan fingerprint density at radius 3 is 2.57 bits per heavy atom. The number of imide groups is 1. The molecule has 0 fully saturated rings. The zero-order valence-corrected chi connectivity index (χ0v) is 21.9. The Morgan fingerprint density at radius 1 is 1.14 bits per heavy atom. The van der Waals surface area contributed by atoms with E-state index in [1.54, 1.807) is 30.5 Å². The average molecular weight is 543 g/mol. The summed E-state index contributed by atoms with van der Waals surface area (Å²) in [5, 5.41) is 4.54. The van der Waals surface area contributed by atoms with Gasteiger partial charge >= 0.3 is 0 Å². The molecule has 2 aromatic carbocycles. The van der Waals surface area contributed by atoms with E-state index in [1.807, 2.05) is 30.3 Å². The zero-order valence-electron chi connectivity index (χ0n) is 20.3. The van der Waals surface area contributed by atoms with Crippen molar-refractivity contribution < 1.29 is 32.6 Å². The second-order valence-electron chi connectivity index (χ2n) is 8.25. The van der Waals surface area contributed by atoms with Crippen LogP contribution in [0.25, 0.3) is 0 Å². The lowest BCUT2D eigenvalue weighted by atomic mass is 10.0. The number of nitrogens with zero attached hydrogens (tertiary/aromatic N) is 1. The number of amides is 3. The van der Waals surface area contributed by atoms with Gasteiger partial charge in [-0.05, 0) is 29.7 Å². The molecule has 1 aromatic heterocycles. The number of fused-ring (bicyclic) bond motifs is 1. The number of rotatable bonds is 11. The van der Waals surface area contributed by atoms with E-state index in [0.29, 0.717) is 22.1 Å². The summed E-state index contributed by atoms with van der Waals surface area (Å²) in [7, 11) is 1.51. The Morgan fingerprint density at radius 2 is 1.89 bits per heavy atom. The number of nitrogens with one attached hydrogen (secondary N) is 1. The molecular formula is C26H26N2O7S2. The molecule has 11 heteroatoms. The molecule has 2 unspecified atom stereocenters. The maximum atomic E-state index is 13.5. The minimum absolute atomic E-state index is 0.0510. The van der Waals surface area contributed by atoms with E-state index in [9.17, 15) is 23.1 Å². The van der Waals surface area contributed by atoms with Crippen LogP contribution in [0.1, 0.15) is 57.7 Å². The molecule has 37 heavy (non-hydrogen) atoms. The van der Waals surface area contributed by atoms with Crippen molar-refractivity contribution in [3.63, 3.8) is 0 Å². The standard InChI is InChI=1S/C26H26N2O7S2/c1-3-22(29)27-24-23-18(15-36-24)25(30)28(26(23)31)19(11-12-37(32)33)17-9-10-20(34-2)21(13-17)35-14-16-7-5-4-6-8-16/h4-10,13,15,19H,3,11-12,14H2,1-2H3,(H,27,29)(H,32,33). The summed E-state index contributed by atoms with van der Waals surface area (Å²) < 4.78 is 32.5. The van der Waals surface area contributed by atoms with E-state index in [1.165, 1.54) is 7.11 Å². The monoisotopic (exact) mass is 542 g/mol. The van der Waals surface area contributed by atoms with E-state index in [-0.39, 0.29) is 42.2 Å². The van der Waals surface area contributed by atoms with Crippen LogP contribution in [0.4, 0.5) is 5.00 Å². The molecule has 0 radical (unpaired) electrons. The summed E-state index contributed by atoms with van der Waals surface area (Å²) >= 11 is -1.02. The lowest BCUT2D eigenvalue weighted by Crippen LogP contribution is -2.35. The molecule has 194 valence electrons. The summed E-state index contributed by atoms with van der Waals surface area (Å²) in [5.41, 5.74) is 1.83. The Bertz CT molecular complexity index is 1340. The molecule has 0 saturated carbocycles. The first-order valence-electron chi connectivity index (χ1n) is 11.5. The molecule has 0 aliphatic carbocycles. The first kappa shape index (κ1) is 26.5. The molecule has 0 spiro atoms. The second-order valence-corrected chi connectivity index (χ2v) is 10.2. The van der Waals surface area contributed by atoms with E-state index in [0.717, 1.165) is 21.8 Å². The molecule has 1 aliphatic heterocycles. The molecular weight excluding hydrogens is 516 g/mol. The van der Waals surface area contributed by atoms with E-state index in [2.05, 4.69) is 5.32 Å². The van der Waals surface area contributed by atoms with Gasteiger partial charge in [0.2, 0.25) is 5.91 Å². The lowest BCUT2D eigenvalue weighted by Gasteiger charge is -2.27. The van der Waals surface area contributed by atoms with Gasteiger partial charge in [-0.15, -0.1) is 11.3 Å². The molecule has 2 heterocycles. The number of thiophene rings is 1. The topological polar surface area (TPSA) is 122 Å². The average Bonchev–Trinajstić information content (AvgIpc) is 3.42. The predicted octanol–water partition coefficient (Wildman–Crippen LogP) is 4.63. The van der Waals surface area contributed by atoms with Gasteiger partial charge in [-0.3, -0.25) is 19.3 Å². The maximum absolute atomic E-state index is 13.5. The van der Waals surface area contributed by atoms with Gasteiger partial charge in [0.05, 0.1) is 30.0 Å². The number of benzene rings is 2. The third-order valence-electron chi connectivity index (χ3n) is 5.93. The molecule has 9 nitrogen and oxygen atoms in total. The second kappa shape index (κ2) is 11.7. The van der Waals surface area contributed by atoms with Crippen LogP contribution in [-0.4, -0.2) is 44.2 Å². The summed E-state index contributed by atoms with van der Waals surface area (Å²) in [6, 6.07) is 13.8. The summed E-state index contributed by atoms with van der Waals surface area (Å²) in [6.07, 6.45) is 0.274. The summed E-state index contributed by atoms with van der Waals surface area (Å²) in [4.78, 5) is 39.9. The van der Waals surface area contributed by atoms with Crippen LogP contribution < -0.4 is 14.8 Å². The van der Waals surface area contributed by atoms with Crippen molar-refractivity contribution in [3.05, 3.63) is 76.2 Å².